The summed E-state index contributed by atoms with van der Waals surface area (Å²) in [6.07, 6.45) is 4.33. The molecule has 1 N–H and O–H groups in total. The number of benzene rings is 1. The highest BCUT2D eigenvalue weighted by molar-refractivity contribution is 5.94. The Morgan fingerprint density at radius 3 is 2.74 bits per heavy atom. The number of pyridine rings is 1. The second-order valence-electron chi connectivity index (χ2n) is 5.28. The molecule has 9 heteroatoms. The molecule has 0 aliphatic carbocycles. The number of ether oxygens (including phenoxy) is 1. The zero-order valence-corrected chi connectivity index (χ0v) is 14.2. The Kier molecular flexibility index (Phi) is 5.22. The van der Waals surface area contributed by atoms with E-state index in [2.05, 4.69) is 15.5 Å². The van der Waals surface area contributed by atoms with E-state index in [4.69, 9.17) is 9.15 Å². The van der Waals surface area contributed by atoms with Crippen LogP contribution in [0.5, 0.6) is 5.75 Å². The lowest BCUT2D eigenvalue weighted by atomic mass is 10.1. The number of nitrogens with zero attached hydrogens (tertiary/aromatic N) is 3. The van der Waals surface area contributed by atoms with Gasteiger partial charge in [0.2, 0.25) is 0 Å². The van der Waals surface area contributed by atoms with E-state index in [1.807, 2.05) is 0 Å². The van der Waals surface area contributed by atoms with Gasteiger partial charge in [-0.05, 0) is 30.3 Å². The minimum absolute atomic E-state index is 0.0815. The maximum absolute atomic E-state index is 11.9. The van der Waals surface area contributed by atoms with E-state index in [1.165, 1.54) is 43.9 Å². The largest absolute Gasteiger partial charge is 0.496 e. The number of aromatic nitrogens is 1. The minimum atomic E-state index is -0.497. The van der Waals surface area contributed by atoms with Crippen molar-refractivity contribution in [3.8, 4) is 17.1 Å². The molecule has 0 saturated heterocycles. The van der Waals surface area contributed by atoms with Crippen LogP contribution in [-0.2, 0) is 0 Å². The lowest BCUT2D eigenvalue weighted by molar-refractivity contribution is -0.384. The number of nitro benzene ring substituents is 1. The topological polar surface area (TPSA) is 120 Å². The molecule has 0 saturated carbocycles. The third-order valence-corrected chi connectivity index (χ3v) is 3.59. The minimum Gasteiger partial charge on any atom is -0.496 e. The fourth-order valence-corrected chi connectivity index (χ4v) is 2.29. The van der Waals surface area contributed by atoms with E-state index in [9.17, 15) is 14.9 Å². The number of nitrogens with one attached hydrogen (secondary N) is 1. The van der Waals surface area contributed by atoms with E-state index >= 15 is 0 Å². The van der Waals surface area contributed by atoms with Gasteiger partial charge in [0.15, 0.2) is 0 Å². The smallest absolute Gasteiger partial charge is 0.271 e. The number of nitro groups is 1. The number of hydrogen-bond donors (Lipinski definition) is 1. The Morgan fingerprint density at radius 2 is 2.04 bits per heavy atom. The van der Waals surface area contributed by atoms with Crippen molar-refractivity contribution in [1.82, 2.24) is 10.4 Å². The SMILES string of the molecule is COc1ccc([N+](=O)[O-])cc1-c1ccc(C=NNC(=O)c2ccncc2)o1. The first-order valence-corrected chi connectivity index (χ1v) is 7.74. The fourth-order valence-electron chi connectivity index (χ4n) is 2.29. The molecule has 0 aliphatic rings. The molecular weight excluding hydrogens is 352 g/mol. The Labute approximate surface area is 153 Å². The zero-order chi connectivity index (χ0) is 19.2. The van der Waals surface area contributed by atoms with Crippen LogP contribution in [0, 0.1) is 10.1 Å². The molecule has 0 unspecified atom stereocenters. The number of amides is 1. The molecule has 27 heavy (non-hydrogen) atoms. The van der Waals surface area contributed by atoms with Crippen molar-refractivity contribution >= 4 is 17.8 Å². The van der Waals surface area contributed by atoms with Crippen molar-refractivity contribution < 1.29 is 18.9 Å². The molecule has 0 atom stereocenters. The van der Waals surface area contributed by atoms with Crippen molar-refractivity contribution in [2.45, 2.75) is 0 Å². The van der Waals surface area contributed by atoms with Crippen LogP contribution in [-0.4, -0.2) is 29.1 Å². The number of carbonyl (C=O) groups is 1. The number of rotatable bonds is 6. The molecule has 0 fully saturated rings. The van der Waals surface area contributed by atoms with E-state index in [-0.39, 0.29) is 11.6 Å². The maximum atomic E-state index is 11.9. The van der Waals surface area contributed by atoms with Crippen molar-refractivity contribution in [3.05, 3.63) is 76.3 Å². The second-order valence-corrected chi connectivity index (χ2v) is 5.28. The molecule has 0 aliphatic heterocycles. The summed E-state index contributed by atoms with van der Waals surface area (Å²) in [5.41, 5.74) is 3.15. The first-order chi connectivity index (χ1) is 13.1. The highest BCUT2D eigenvalue weighted by Gasteiger charge is 2.15. The summed E-state index contributed by atoms with van der Waals surface area (Å²) in [7, 11) is 1.46. The molecule has 136 valence electrons. The normalized spacial score (nSPS) is 10.7. The monoisotopic (exact) mass is 366 g/mol. The highest BCUT2D eigenvalue weighted by Crippen LogP contribution is 2.34. The van der Waals surface area contributed by atoms with Crippen LogP contribution in [0.15, 0.2) is 64.4 Å². The van der Waals surface area contributed by atoms with Crippen LogP contribution < -0.4 is 10.2 Å². The molecule has 0 radical (unpaired) electrons. The van der Waals surface area contributed by atoms with Crippen LogP contribution in [0.2, 0.25) is 0 Å². The van der Waals surface area contributed by atoms with Gasteiger partial charge in [0, 0.05) is 30.1 Å². The molecule has 0 spiro atoms. The predicted molar refractivity (Wildman–Crippen MR) is 96.6 cm³/mol. The van der Waals surface area contributed by atoms with Crippen LogP contribution >= 0.6 is 0 Å². The summed E-state index contributed by atoms with van der Waals surface area (Å²) in [6.45, 7) is 0. The molecule has 9 nitrogen and oxygen atoms in total. The quantitative estimate of drug-likeness (QED) is 0.407. The van der Waals surface area contributed by atoms with Gasteiger partial charge < -0.3 is 9.15 Å². The zero-order valence-electron chi connectivity index (χ0n) is 14.2. The summed E-state index contributed by atoms with van der Waals surface area (Å²) in [4.78, 5) is 26.2. The summed E-state index contributed by atoms with van der Waals surface area (Å²) in [6, 6.07) is 10.6. The van der Waals surface area contributed by atoms with Gasteiger partial charge in [-0.1, -0.05) is 0 Å². The van der Waals surface area contributed by atoms with Gasteiger partial charge in [-0.3, -0.25) is 19.9 Å². The van der Waals surface area contributed by atoms with Gasteiger partial charge in [0.25, 0.3) is 11.6 Å². The van der Waals surface area contributed by atoms with Crippen molar-refractivity contribution in [3.63, 3.8) is 0 Å². The third-order valence-electron chi connectivity index (χ3n) is 3.59. The standard InChI is InChI=1S/C18H14N4O5/c1-26-16-4-2-13(22(24)25)10-15(16)17-5-3-14(27-17)11-20-21-18(23)12-6-8-19-9-7-12/h2-11H,1H3,(H,21,23). The van der Waals surface area contributed by atoms with Crippen LogP contribution in [0.4, 0.5) is 5.69 Å². The van der Waals surface area contributed by atoms with E-state index in [0.717, 1.165) is 0 Å². The summed E-state index contributed by atoms with van der Waals surface area (Å²) in [5, 5.41) is 14.8. The van der Waals surface area contributed by atoms with Crippen molar-refractivity contribution in [1.29, 1.82) is 0 Å². The van der Waals surface area contributed by atoms with Gasteiger partial charge in [0.1, 0.15) is 17.3 Å². The van der Waals surface area contributed by atoms with Crippen molar-refractivity contribution in [2.75, 3.05) is 7.11 Å². The first-order valence-electron chi connectivity index (χ1n) is 7.74. The number of non-ortho nitro benzene ring substituents is 1. The van der Waals surface area contributed by atoms with Gasteiger partial charge in [0.05, 0.1) is 23.8 Å². The van der Waals surface area contributed by atoms with Crippen molar-refractivity contribution in [2.24, 2.45) is 5.10 Å². The lowest BCUT2D eigenvalue weighted by Gasteiger charge is -2.05. The summed E-state index contributed by atoms with van der Waals surface area (Å²) in [5.74, 6) is 0.774. The fraction of sp³-hybridized carbons (Fsp3) is 0.0556. The van der Waals surface area contributed by atoms with Gasteiger partial charge in [-0.2, -0.15) is 5.10 Å². The maximum Gasteiger partial charge on any atom is 0.271 e. The van der Waals surface area contributed by atoms with E-state index in [1.54, 1.807) is 24.3 Å². The number of methoxy groups -OCH3 is 1. The van der Waals surface area contributed by atoms with Gasteiger partial charge in [-0.15, -0.1) is 0 Å². The van der Waals surface area contributed by atoms with E-state index < -0.39 is 4.92 Å². The highest BCUT2D eigenvalue weighted by atomic mass is 16.6. The van der Waals surface area contributed by atoms with Gasteiger partial charge in [-0.25, -0.2) is 5.43 Å². The number of furan rings is 1. The molecule has 0 bridgehead atoms. The Morgan fingerprint density at radius 1 is 1.26 bits per heavy atom. The Bertz CT molecular complexity index is 998. The lowest BCUT2D eigenvalue weighted by Crippen LogP contribution is -2.17. The first kappa shape index (κ1) is 17.8. The second kappa shape index (κ2) is 7.91. The van der Waals surface area contributed by atoms with Crippen LogP contribution in [0.3, 0.4) is 0 Å². The van der Waals surface area contributed by atoms with Crippen LogP contribution in [0.25, 0.3) is 11.3 Å². The Balaban J connectivity index is 1.76. The van der Waals surface area contributed by atoms with E-state index in [0.29, 0.717) is 28.4 Å². The molecule has 1 amide bonds. The summed E-state index contributed by atoms with van der Waals surface area (Å²) < 4.78 is 10.8. The molecule has 3 aromatic rings. The molecule has 2 heterocycles. The average molecular weight is 366 g/mol. The average Bonchev–Trinajstić information content (AvgIpc) is 3.16. The number of hydrazone groups is 1. The van der Waals surface area contributed by atoms with Crippen LogP contribution in [0.1, 0.15) is 16.1 Å². The number of carbonyl (C=O) groups excluding carboxylic acids is 1. The molecule has 3 rings (SSSR count). The molecule has 1 aromatic carbocycles. The predicted octanol–water partition coefficient (Wildman–Crippen LogP) is 3.02. The summed E-state index contributed by atoms with van der Waals surface area (Å²) >= 11 is 0. The molecule has 2 aromatic heterocycles. The van der Waals surface area contributed by atoms with Gasteiger partial charge >= 0.3 is 0 Å². The third kappa shape index (κ3) is 4.15. The number of hydrogen-bond acceptors (Lipinski definition) is 7. The Hall–Kier alpha value is -4.01. The molecular formula is C18H14N4O5.